The average molecular weight is 641 g/mol. The minimum absolute atomic E-state index is 0.0622. The van der Waals surface area contributed by atoms with Crippen LogP contribution in [0.5, 0.6) is 0 Å². The van der Waals surface area contributed by atoms with E-state index in [9.17, 15) is 14.3 Å². The maximum Gasteiger partial charge on any atom is 0.323 e. The lowest BCUT2D eigenvalue weighted by Gasteiger charge is -2.32. The van der Waals surface area contributed by atoms with Gasteiger partial charge in [-0.1, -0.05) is 101 Å². The van der Waals surface area contributed by atoms with Crippen LogP contribution in [0.3, 0.4) is 0 Å². The maximum absolute atomic E-state index is 13.8. The van der Waals surface area contributed by atoms with E-state index >= 15 is 0 Å². The van der Waals surface area contributed by atoms with E-state index in [2.05, 4.69) is 33.1 Å². The molecule has 0 aliphatic heterocycles. The molecule has 0 saturated carbocycles. The largest absolute Gasteiger partial charge is 0.465 e. The van der Waals surface area contributed by atoms with Crippen molar-refractivity contribution in [3.05, 3.63) is 48.3 Å². The number of nitrogen functional groups attached to an aromatic ring is 1. The smallest absolute Gasteiger partial charge is 0.323 e. The number of hydrogen-bond acceptors (Lipinski definition) is 10. The van der Waals surface area contributed by atoms with E-state index in [4.69, 9.17) is 26.4 Å². The Hall–Kier alpha value is -3.63. The van der Waals surface area contributed by atoms with Crippen LogP contribution in [0, 0.1) is 18.4 Å². The number of rotatable bonds is 23. The van der Waals surface area contributed by atoms with Crippen molar-refractivity contribution in [3.8, 4) is 12.3 Å². The molecule has 46 heavy (non-hydrogen) atoms. The molecule has 0 aliphatic carbocycles. The molecule has 252 valence electrons. The van der Waals surface area contributed by atoms with Crippen molar-refractivity contribution in [1.82, 2.24) is 24.8 Å². The number of aliphatic hydroxyl groups is 1. The highest BCUT2D eigenvalue weighted by Gasteiger charge is 2.38. The zero-order valence-electron chi connectivity index (χ0n) is 27.1. The van der Waals surface area contributed by atoms with Crippen molar-refractivity contribution in [1.29, 1.82) is 0 Å². The molecule has 2 aromatic heterocycles. The number of nitrogens with zero attached hydrogens (tertiary/aromatic N) is 4. The lowest BCUT2D eigenvalue weighted by Crippen LogP contribution is -2.50. The first kappa shape index (κ1) is 36.8. The number of aromatic nitrogens is 4. The number of ether oxygens (including phenoxy) is 3. The number of nitrogens with two attached hydrogens (primary N) is 1. The fraction of sp³-hybridized carbons (Fsp3) is 0.588. The summed E-state index contributed by atoms with van der Waals surface area (Å²) in [7, 11) is 1.36. The molecule has 0 spiro atoms. The summed E-state index contributed by atoms with van der Waals surface area (Å²) in [5, 5.41) is 14.2. The first-order valence-electron chi connectivity index (χ1n) is 16.2. The Morgan fingerprint density at radius 3 is 2.43 bits per heavy atom. The number of carbonyl (C=O) groups excluding carboxylic acids is 1. The molecule has 2 heterocycles. The Kier molecular flexibility index (Phi) is 15.8. The summed E-state index contributed by atoms with van der Waals surface area (Å²) in [4.78, 5) is 24.4. The number of fused-ring (bicyclic) bond motifs is 1. The Morgan fingerprint density at radius 1 is 1.11 bits per heavy atom. The van der Waals surface area contributed by atoms with Gasteiger partial charge in [0.15, 0.2) is 17.1 Å². The van der Waals surface area contributed by atoms with Gasteiger partial charge < -0.3 is 29.6 Å². The minimum atomic E-state index is -1.57. The molecule has 0 bridgehead atoms. The molecule has 4 N–H and O–H groups in total. The van der Waals surface area contributed by atoms with Crippen molar-refractivity contribution in [3.63, 3.8) is 0 Å². The van der Waals surface area contributed by atoms with E-state index < -0.39 is 23.8 Å². The van der Waals surface area contributed by atoms with Crippen molar-refractivity contribution < 1.29 is 28.5 Å². The van der Waals surface area contributed by atoms with E-state index in [0.29, 0.717) is 13.0 Å². The predicted octanol–water partition coefficient (Wildman–Crippen LogP) is 4.57. The number of anilines is 1. The number of imidazole rings is 1. The summed E-state index contributed by atoms with van der Waals surface area (Å²) in [6.45, 7) is 2.19. The van der Waals surface area contributed by atoms with Crippen molar-refractivity contribution in [2.45, 2.75) is 102 Å². The molecule has 0 fully saturated rings. The number of unbranched alkanes of at least 4 members (excludes halogenated alkanes) is 9. The number of aliphatic hydroxyl groups excluding tert-OH is 1. The zero-order valence-corrected chi connectivity index (χ0v) is 27.1. The van der Waals surface area contributed by atoms with Gasteiger partial charge in [-0.2, -0.15) is 14.4 Å². The van der Waals surface area contributed by atoms with E-state index in [1.54, 1.807) is 0 Å². The monoisotopic (exact) mass is 640 g/mol. The summed E-state index contributed by atoms with van der Waals surface area (Å²) < 4.78 is 32.2. The Bertz CT molecular complexity index is 1370. The van der Waals surface area contributed by atoms with Gasteiger partial charge in [0.2, 0.25) is 0 Å². The SMILES string of the molecule is C#CC(COCN[C@@H](Cc1ccccc1)C(=O)OCCCCCCCCCCCC)(OC)[C@@H](O)Cn1cnc2c(N)nc(F)nc21. The van der Waals surface area contributed by atoms with Crippen LogP contribution in [0.1, 0.15) is 76.7 Å². The standard InChI is InChI=1S/C34H49FN6O5/c1-4-6-7-8-9-10-11-12-13-17-20-46-32(43)27(21-26-18-15-14-16-19-26)38-25-45-23-34(5-2,44-3)28(42)22-41-24-37-29-30(36)39-33(35)40-31(29)41/h2,14-16,18-19,24,27-28,38,42H,4,6-13,17,20-23,25H2,1,3H3,(H2,36,39,40)/t27-,28-,34?/m0/s1. The second kappa shape index (κ2) is 19.8. The van der Waals surface area contributed by atoms with Crippen LogP contribution in [-0.2, 0) is 32.0 Å². The van der Waals surface area contributed by atoms with Crippen molar-refractivity contribution in [2.24, 2.45) is 0 Å². The third-order valence-corrected chi connectivity index (χ3v) is 8.04. The fourth-order valence-electron chi connectivity index (χ4n) is 5.21. The second-order valence-electron chi connectivity index (χ2n) is 11.5. The Labute approximate surface area is 271 Å². The van der Waals surface area contributed by atoms with Crippen LogP contribution in [0.15, 0.2) is 36.7 Å². The van der Waals surface area contributed by atoms with Gasteiger partial charge in [0, 0.05) is 7.11 Å². The summed E-state index contributed by atoms with van der Waals surface area (Å²) in [5.41, 5.74) is 5.44. The second-order valence-corrected chi connectivity index (χ2v) is 11.5. The van der Waals surface area contributed by atoms with Crippen LogP contribution in [0.4, 0.5) is 10.2 Å². The van der Waals surface area contributed by atoms with Crippen LogP contribution in [-0.4, -0.2) is 75.4 Å². The maximum atomic E-state index is 13.8. The van der Waals surface area contributed by atoms with Crippen LogP contribution in [0.25, 0.3) is 11.2 Å². The van der Waals surface area contributed by atoms with Gasteiger partial charge in [-0.3, -0.25) is 10.1 Å². The van der Waals surface area contributed by atoms with Gasteiger partial charge in [0.1, 0.15) is 17.7 Å². The molecule has 3 rings (SSSR count). The number of methoxy groups -OCH3 is 1. The van der Waals surface area contributed by atoms with E-state index in [1.807, 2.05) is 30.3 Å². The number of esters is 1. The normalized spacial score (nSPS) is 14.1. The van der Waals surface area contributed by atoms with Gasteiger partial charge >= 0.3 is 12.0 Å². The summed E-state index contributed by atoms with van der Waals surface area (Å²) >= 11 is 0. The number of nitrogens with one attached hydrogen (secondary N) is 1. The average Bonchev–Trinajstić information content (AvgIpc) is 3.46. The molecule has 11 nitrogen and oxygen atoms in total. The Morgan fingerprint density at radius 2 is 1.78 bits per heavy atom. The van der Waals surface area contributed by atoms with Crippen LogP contribution in [0.2, 0.25) is 0 Å². The predicted molar refractivity (Wildman–Crippen MR) is 175 cm³/mol. The van der Waals surface area contributed by atoms with E-state index in [-0.39, 0.29) is 42.8 Å². The molecule has 0 radical (unpaired) electrons. The van der Waals surface area contributed by atoms with E-state index in [1.165, 1.54) is 62.9 Å². The summed E-state index contributed by atoms with van der Waals surface area (Å²) in [5.74, 6) is 2.00. The van der Waals surface area contributed by atoms with Gasteiger partial charge in [0.05, 0.1) is 32.8 Å². The molecule has 0 amide bonds. The molecule has 1 unspecified atom stereocenters. The van der Waals surface area contributed by atoms with Gasteiger partial charge in [-0.25, -0.2) is 4.98 Å². The number of terminal acetylenes is 1. The van der Waals surface area contributed by atoms with Gasteiger partial charge in [0.25, 0.3) is 0 Å². The number of carbonyl (C=O) groups is 1. The topological polar surface area (TPSA) is 147 Å². The molecule has 0 aliphatic rings. The molecule has 3 aromatic rings. The lowest BCUT2D eigenvalue weighted by molar-refractivity contribution is -0.147. The highest BCUT2D eigenvalue weighted by Crippen LogP contribution is 2.21. The quantitative estimate of drug-likeness (QED) is 0.0443. The van der Waals surface area contributed by atoms with E-state index in [0.717, 1.165) is 24.8 Å². The van der Waals surface area contributed by atoms with Crippen LogP contribution < -0.4 is 11.1 Å². The minimum Gasteiger partial charge on any atom is -0.465 e. The molecule has 1 aromatic carbocycles. The summed E-state index contributed by atoms with van der Waals surface area (Å²) in [6.07, 6.45) is 17.2. The van der Waals surface area contributed by atoms with Crippen molar-refractivity contribution in [2.75, 3.05) is 32.8 Å². The first-order valence-corrected chi connectivity index (χ1v) is 16.2. The highest BCUT2D eigenvalue weighted by atomic mass is 19.1. The Balaban J connectivity index is 1.49. The molecular weight excluding hydrogens is 591 g/mol. The third-order valence-electron chi connectivity index (χ3n) is 8.04. The number of halogens is 1. The van der Waals surface area contributed by atoms with Gasteiger partial charge in [-0.15, -0.1) is 6.42 Å². The number of benzene rings is 1. The van der Waals surface area contributed by atoms with Crippen molar-refractivity contribution >= 4 is 23.0 Å². The van der Waals surface area contributed by atoms with Crippen LogP contribution >= 0.6 is 0 Å². The van der Waals surface area contributed by atoms with Gasteiger partial charge in [-0.05, 0) is 18.4 Å². The molecule has 12 heteroatoms. The molecular formula is C34H49FN6O5. The fourth-order valence-corrected chi connectivity index (χ4v) is 5.21. The number of hydrogen-bond donors (Lipinski definition) is 3. The first-order chi connectivity index (χ1) is 22.3. The summed E-state index contributed by atoms with van der Waals surface area (Å²) in [6, 6.07) is 8.98. The molecule has 0 saturated heterocycles. The third kappa shape index (κ3) is 11.3. The molecule has 3 atom stereocenters. The zero-order chi connectivity index (χ0) is 33.2. The highest BCUT2D eigenvalue weighted by molar-refractivity contribution is 5.81. The lowest BCUT2D eigenvalue weighted by atomic mass is 9.98.